The van der Waals surface area contributed by atoms with E-state index in [1.54, 1.807) is 11.8 Å². The van der Waals surface area contributed by atoms with Gasteiger partial charge in [-0.3, -0.25) is 4.79 Å². The molecule has 1 N–H and O–H groups in total. The van der Waals surface area contributed by atoms with E-state index in [1.165, 1.54) is 4.90 Å². The van der Waals surface area contributed by atoms with Crippen molar-refractivity contribution in [2.45, 2.75) is 37.1 Å². The summed E-state index contributed by atoms with van der Waals surface area (Å²) in [5.41, 5.74) is 1.01. The maximum absolute atomic E-state index is 12.6. The summed E-state index contributed by atoms with van der Waals surface area (Å²) in [7, 11) is 1.90. The SMILES string of the molecule is CNC(C)Cc1noc(CCC(=O)N2CCSc3ccccc32)n1.Cl. The number of anilines is 1. The zero-order chi connectivity index (χ0) is 16.9. The lowest BCUT2D eigenvalue weighted by Crippen LogP contribution is -2.35. The lowest BCUT2D eigenvalue weighted by molar-refractivity contribution is -0.118. The molecule has 0 saturated carbocycles. The van der Waals surface area contributed by atoms with E-state index < -0.39 is 0 Å². The second kappa shape index (κ2) is 9.22. The Kier molecular flexibility index (Phi) is 7.28. The molecule has 6 nitrogen and oxygen atoms in total. The maximum atomic E-state index is 12.6. The summed E-state index contributed by atoms with van der Waals surface area (Å²) >= 11 is 1.79. The van der Waals surface area contributed by atoms with E-state index in [4.69, 9.17) is 4.52 Å². The Balaban J connectivity index is 0.00000225. The van der Waals surface area contributed by atoms with E-state index in [2.05, 4.69) is 28.4 Å². The molecule has 136 valence electrons. The van der Waals surface area contributed by atoms with Crippen molar-refractivity contribution >= 4 is 35.8 Å². The average Bonchev–Trinajstić information content (AvgIpc) is 3.06. The van der Waals surface area contributed by atoms with Crippen molar-refractivity contribution in [2.24, 2.45) is 0 Å². The summed E-state index contributed by atoms with van der Waals surface area (Å²) in [5, 5.41) is 7.12. The number of carbonyl (C=O) groups excluding carboxylic acids is 1. The van der Waals surface area contributed by atoms with Gasteiger partial charge >= 0.3 is 0 Å². The van der Waals surface area contributed by atoms with Crippen molar-refractivity contribution in [1.29, 1.82) is 0 Å². The molecule has 0 fully saturated rings. The minimum Gasteiger partial charge on any atom is -0.339 e. The Morgan fingerprint density at radius 1 is 1.44 bits per heavy atom. The van der Waals surface area contributed by atoms with Gasteiger partial charge in [-0.1, -0.05) is 17.3 Å². The number of fused-ring (bicyclic) bond motifs is 1. The van der Waals surface area contributed by atoms with Crippen molar-refractivity contribution < 1.29 is 9.32 Å². The van der Waals surface area contributed by atoms with Gasteiger partial charge in [0.25, 0.3) is 0 Å². The molecule has 0 spiro atoms. The number of hydrogen-bond acceptors (Lipinski definition) is 6. The second-order valence-corrected chi connectivity index (χ2v) is 7.00. The Labute approximate surface area is 158 Å². The first-order valence-electron chi connectivity index (χ1n) is 8.18. The Morgan fingerprint density at radius 3 is 3.04 bits per heavy atom. The number of benzene rings is 1. The van der Waals surface area contributed by atoms with Crippen LogP contribution in [-0.4, -0.2) is 41.4 Å². The summed E-state index contributed by atoms with van der Waals surface area (Å²) in [6.45, 7) is 2.81. The Bertz CT molecular complexity index is 709. The molecule has 0 radical (unpaired) electrons. The fraction of sp³-hybridized carbons (Fsp3) is 0.471. The van der Waals surface area contributed by atoms with Crippen LogP contribution in [-0.2, 0) is 17.6 Å². The number of nitrogens with zero attached hydrogens (tertiary/aromatic N) is 3. The van der Waals surface area contributed by atoms with Crippen LogP contribution in [0.5, 0.6) is 0 Å². The maximum Gasteiger partial charge on any atom is 0.227 e. The average molecular weight is 383 g/mol. The molecule has 8 heteroatoms. The molecule has 3 rings (SSSR count). The lowest BCUT2D eigenvalue weighted by atomic mass is 10.2. The van der Waals surface area contributed by atoms with Gasteiger partial charge in [0.2, 0.25) is 11.8 Å². The van der Waals surface area contributed by atoms with Crippen LogP contribution in [0, 0.1) is 0 Å². The molecule has 1 atom stereocenters. The number of carbonyl (C=O) groups is 1. The number of halogens is 1. The predicted octanol–water partition coefficient (Wildman–Crippen LogP) is 2.71. The van der Waals surface area contributed by atoms with Crippen molar-refractivity contribution in [2.75, 3.05) is 24.2 Å². The topological polar surface area (TPSA) is 71.3 Å². The molecule has 1 amide bonds. The number of nitrogens with one attached hydrogen (secondary N) is 1. The number of amides is 1. The molecule has 0 bridgehead atoms. The van der Waals surface area contributed by atoms with E-state index in [0.717, 1.165) is 18.0 Å². The Hall–Kier alpha value is -1.57. The number of rotatable bonds is 6. The number of aromatic nitrogens is 2. The zero-order valence-electron chi connectivity index (χ0n) is 14.4. The number of aryl methyl sites for hydroxylation is 1. The monoisotopic (exact) mass is 382 g/mol. The third-order valence-corrected chi connectivity index (χ3v) is 5.12. The van der Waals surface area contributed by atoms with Crippen LogP contribution in [0.3, 0.4) is 0 Å². The van der Waals surface area contributed by atoms with Crippen LogP contribution in [0.1, 0.15) is 25.1 Å². The van der Waals surface area contributed by atoms with Crippen molar-refractivity contribution in [1.82, 2.24) is 15.5 Å². The van der Waals surface area contributed by atoms with E-state index >= 15 is 0 Å². The highest BCUT2D eigenvalue weighted by molar-refractivity contribution is 7.99. The largest absolute Gasteiger partial charge is 0.339 e. The van der Waals surface area contributed by atoms with Crippen molar-refractivity contribution in [3.63, 3.8) is 0 Å². The minimum absolute atomic E-state index is 0. The van der Waals surface area contributed by atoms with Gasteiger partial charge < -0.3 is 14.7 Å². The first-order valence-corrected chi connectivity index (χ1v) is 9.17. The molecule has 0 saturated heterocycles. The molecule has 1 aliphatic heterocycles. The number of likely N-dealkylation sites (N-methyl/N-ethyl adjacent to an activating group) is 1. The highest BCUT2D eigenvalue weighted by Crippen LogP contribution is 2.34. The molecule has 2 heterocycles. The van der Waals surface area contributed by atoms with Crippen LogP contribution < -0.4 is 10.2 Å². The molecule has 1 aromatic heterocycles. The third kappa shape index (κ3) is 4.96. The van der Waals surface area contributed by atoms with Crippen LogP contribution >= 0.6 is 24.2 Å². The van der Waals surface area contributed by atoms with E-state index in [0.29, 0.717) is 37.0 Å². The fourth-order valence-electron chi connectivity index (χ4n) is 2.63. The van der Waals surface area contributed by atoms with Crippen LogP contribution in [0.25, 0.3) is 0 Å². The molecule has 1 aromatic carbocycles. The van der Waals surface area contributed by atoms with Crippen LogP contribution in [0.2, 0.25) is 0 Å². The standard InChI is InChI=1S/C17H22N4O2S.ClH/c1-12(18-2)11-15-19-16(23-20-15)7-8-17(22)21-9-10-24-14-6-4-3-5-13(14)21;/h3-6,12,18H,7-11H2,1-2H3;1H. The van der Waals surface area contributed by atoms with Gasteiger partial charge in [0.1, 0.15) is 0 Å². The quantitative estimate of drug-likeness (QED) is 0.828. The summed E-state index contributed by atoms with van der Waals surface area (Å²) in [5.74, 6) is 2.24. The summed E-state index contributed by atoms with van der Waals surface area (Å²) < 4.78 is 5.25. The van der Waals surface area contributed by atoms with Gasteiger partial charge in [-0.05, 0) is 26.1 Å². The zero-order valence-corrected chi connectivity index (χ0v) is 16.0. The summed E-state index contributed by atoms with van der Waals surface area (Å²) in [6, 6.07) is 8.33. The van der Waals surface area contributed by atoms with E-state index in [1.807, 2.05) is 30.1 Å². The number of para-hydroxylation sites is 1. The van der Waals surface area contributed by atoms with Gasteiger partial charge in [0.15, 0.2) is 5.82 Å². The van der Waals surface area contributed by atoms with Gasteiger partial charge in [0.05, 0.1) is 5.69 Å². The Morgan fingerprint density at radius 2 is 2.24 bits per heavy atom. The van der Waals surface area contributed by atoms with Gasteiger partial charge in [-0.25, -0.2) is 0 Å². The normalized spacial score (nSPS) is 14.6. The molecule has 0 aliphatic carbocycles. The molecule has 2 aromatic rings. The fourth-order valence-corrected chi connectivity index (χ4v) is 3.62. The molecule has 25 heavy (non-hydrogen) atoms. The summed E-state index contributed by atoms with van der Waals surface area (Å²) in [4.78, 5) is 20.0. The first-order chi connectivity index (χ1) is 11.7. The molecular weight excluding hydrogens is 360 g/mol. The van der Waals surface area contributed by atoms with Gasteiger partial charge in [-0.15, -0.1) is 24.2 Å². The van der Waals surface area contributed by atoms with E-state index in [-0.39, 0.29) is 18.3 Å². The predicted molar refractivity (Wildman–Crippen MR) is 102 cm³/mol. The van der Waals surface area contributed by atoms with Crippen LogP contribution in [0.4, 0.5) is 5.69 Å². The summed E-state index contributed by atoms with van der Waals surface area (Å²) in [6.07, 6.45) is 1.57. The minimum atomic E-state index is 0. The molecule has 1 unspecified atom stereocenters. The highest BCUT2D eigenvalue weighted by Gasteiger charge is 2.23. The smallest absolute Gasteiger partial charge is 0.227 e. The van der Waals surface area contributed by atoms with Crippen LogP contribution in [0.15, 0.2) is 33.7 Å². The molecular formula is C17H23ClN4O2S. The van der Waals surface area contributed by atoms with Crippen molar-refractivity contribution in [3.8, 4) is 0 Å². The van der Waals surface area contributed by atoms with Crippen molar-refractivity contribution in [3.05, 3.63) is 36.0 Å². The highest BCUT2D eigenvalue weighted by atomic mass is 35.5. The first kappa shape index (κ1) is 19.8. The van der Waals surface area contributed by atoms with Gasteiger partial charge in [0, 0.05) is 42.5 Å². The number of thioether (sulfide) groups is 1. The van der Waals surface area contributed by atoms with Gasteiger partial charge in [-0.2, -0.15) is 4.98 Å². The second-order valence-electron chi connectivity index (χ2n) is 5.86. The number of hydrogen-bond donors (Lipinski definition) is 1. The van der Waals surface area contributed by atoms with E-state index in [9.17, 15) is 4.79 Å². The third-order valence-electron chi connectivity index (χ3n) is 4.07. The lowest BCUT2D eigenvalue weighted by Gasteiger charge is -2.28. The molecule has 1 aliphatic rings.